The molecule has 2 aromatic carbocycles. The average molecular weight is 383 g/mol. The van der Waals surface area contributed by atoms with E-state index in [0.29, 0.717) is 10.8 Å². The fraction of sp³-hybridized carbons (Fsp3) is 0.235. The van der Waals surface area contributed by atoms with Crippen molar-refractivity contribution < 1.29 is 17.9 Å². The Morgan fingerprint density at radius 2 is 1.76 bits per heavy atom. The number of aryl methyl sites for hydroxylation is 1. The highest BCUT2D eigenvalue weighted by atomic mass is 35.5. The van der Waals surface area contributed by atoms with E-state index in [9.17, 15) is 13.2 Å². The van der Waals surface area contributed by atoms with Crippen molar-refractivity contribution in [2.24, 2.45) is 0 Å². The number of benzene rings is 2. The molecule has 0 aliphatic rings. The van der Waals surface area contributed by atoms with E-state index in [4.69, 9.17) is 16.3 Å². The van der Waals surface area contributed by atoms with Crippen molar-refractivity contribution in [3.05, 3.63) is 59.1 Å². The molecule has 0 radical (unpaired) electrons. The van der Waals surface area contributed by atoms with Crippen LogP contribution in [-0.4, -0.2) is 19.9 Å². The van der Waals surface area contributed by atoms with Gasteiger partial charge in [-0.2, -0.15) is 0 Å². The lowest BCUT2D eigenvalue weighted by molar-refractivity contribution is -0.134. The molecule has 0 fully saturated rings. The molecule has 1 amide bonds. The van der Waals surface area contributed by atoms with Crippen molar-refractivity contribution in [3.63, 3.8) is 0 Å². The van der Waals surface area contributed by atoms with Gasteiger partial charge in [-0.25, -0.2) is 8.42 Å². The standard InChI is InChI=1S/C17H19ClN2O4S/c1-12-11-13(9-10-15(12)18)24-17(2,3)16(21)19-20-25(22,23)14-7-5-4-6-8-14/h4-11,20H,1-3H3,(H,19,21). The van der Waals surface area contributed by atoms with E-state index in [2.05, 4.69) is 10.3 Å². The largest absolute Gasteiger partial charge is 0.478 e. The summed E-state index contributed by atoms with van der Waals surface area (Å²) in [4.78, 5) is 14.4. The van der Waals surface area contributed by atoms with Gasteiger partial charge < -0.3 is 4.74 Å². The van der Waals surface area contributed by atoms with Gasteiger partial charge in [0.05, 0.1) is 4.90 Å². The van der Waals surface area contributed by atoms with Crippen LogP contribution < -0.4 is 15.0 Å². The molecule has 2 rings (SSSR count). The van der Waals surface area contributed by atoms with E-state index < -0.39 is 21.5 Å². The molecule has 25 heavy (non-hydrogen) atoms. The smallest absolute Gasteiger partial charge is 0.278 e. The minimum Gasteiger partial charge on any atom is -0.478 e. The molecule has 0 aliphatic heterocycles. The Balaban J connectivity index is 2.04. The molecule has 0 unspecified atom stereocenters. The minimum absolute atomic E-state index is 0.0438. The second kappa shape index (κ2) is 7.43. The number of hydrogen-bond donors (Lipinski definition) is 2. The molecule has 2 N–H and O–H groups in total. The molecule has 0 aromatic heterocycles. The van der Waals surface area contributed by atoms with Crippen molar-refractivity contribution >= 4 is 27.5 Å². The molecule has 6 nitrogen and oxygen atoms in total. The second-order valence-electron chi connectivity index (χ2n) is 5.90. The van der Waals surface area contributed by atoms with E-state index in [-0.39, 0.29) is 4.90 Å². The maximum atomic E-state index is 12.3. The lowest BCUT2D eigenvalue weighted by Crippen LogP contribution is -2.52. The van der Waals surface area contributed by atoms with Crippen molar-refractivity contribution in [3.8, 4) is 5.75 Å². The molecular weight excluding hydrogens is 364 g/mol. The second-order valence-corrected chi connectivity index (χ2v) is 7.99. The van der Waals surface area contributed by atoms with Crippen molar-refractivity contribution in [1.82, 2.24) is 10.3 Å². The molecule has 0 atom stereocenters. The predicted molar refractivity (Wildman–Crippen MR) is 95.8 cm³/mol. The first kappa shape index (κ1) is 19.2. The van der Waals surface area contributed by atoms with Gasteiger partial charge in [-0.05, 0) is 56.7 Å². The van der Waals surface area contributed by atoms with Crippen molar-refractivity contribution in [2.75, 3.05) is 0 Å². The number of hydrogen-bond acceptors (Lipinski definition) is 4. The molecule has 0 bridgehead atoms. The van der Waals surface area contributed by atoms with Crippen LogP contribution in [-0.2, 0) is 14.8 Å². The van der Waals surface area contributed by atoms with Gasteiger partial charge in [-0.3, -0.25) is 10.2 Å². The zero-order chi connectivity index (χ0) is 18.7. The zero-order valence-electron chi connectivity index (χ0n) is 14.0. The number of halogens is 1. The Kier molecular flexibility index (Phi) is 5.72. The van der Waals surface area contributed by atoms with E-state index >= 15 is 0 Å². The topological polar surface area (TPSA) is 84.5 Å². The monoisotopic (exact) mass is 382 g/mol. The Morgan fingerprint density at radius 3 is 2.36 bits per heavy atom. The lowest BCUT2D eigenvalue weighted by Gasteiger charge is -2.25. The van der Waals surface area contributed by atoms with Gasteiger partial charge in [0.2, 0.25) is 0 Å². The fourth-order valence-corrected chi connectivity index (χ4v) is 2.92. The summed E-state index contributed by atoms with van der Waals surface area (Å²) < 4.78 is 29.9. The van der Waals surface area contributed by atoms with Crippen LogP contribution in [0.1, 0.15) is 19.4 Å². The van der Waals surface area contributed by atoms with Crippen molar-refractivity contribution in [1.29, 1.82) is 0 Å². The maximum absolute atomic E-state index is 12.3. The minimum atomic E-state index is -3.86. The Labute approximate surface area is 152 Å². The zero-order valence-corrected chi connectivity index (χ0v) is 15.6. The summed E-state index contributed by atoms with van der Waals surface area (Å²) in [6, 6.07) is 12.7. The van der Waals surface area contributed by atoms with Gasteiger partial charge in [0.15, 0.2) is 5.60 Å². The summed E-state index contributed by atoms with van der Waals surface area (Å²) in [5.41, 5.74) is 1.68. The fourth-order valence-electron chi connectivity index (χ4n) is 1.94. The van der Waals surface area contributed by atoms with Gasteiger partial charge in [0.25, 0.3) is 15.9 Å². The van der Waals surface area contributed by atoms with E-state index in [0.717, 1.165) is 5.56 Å². The van der Waals surface area contributed by atoms with Crippen LogP contribution in [0.3, 0.4) is 0 Å². The van der Waals surface area contributed by atoms with Crippen LogP contribution in [0.2, 0.25) is 5.02 Å². The molecule has 0 heterocycles. The first-order chi connectivity index (χ1) is 11.6. The van der Waals surface area contributed by atoms with Gasteiger partial charge in [0.1, 0.15) is 5.75 Å². The maximum Gasteiger partial charge on any atom is 0.278 e. The molecule has 0 saturated heterocycles. The molecule has 0 spiro atoms. The average Bonchev–Trinajstić information content (AvgIpc) is 2.56. The highest BCUT2D eigenvalue weighted by molar-refractivity contribution is 7.89. The molecular formula is C17H19ClN2O4S. The van der Waals surface area contributed by atoms with Gasteiger partial charge in [0, 0.05) is 5.02 Å². The Morgan fingerprint density at radius 1 is 1.12 bits per heavy atom. The highest BCUT2D eigenvalue weighted by Gasteiger charge is 2.31. The van der Waals surface area contributed by atoms with Gasteiger partial charge in [-0.15, -0.1) is 4.83 Å². The Bertz CT molecular complexity index is 867. The summed E-state index contributed by atoms with van der Waals surface area (Å²) >= 11 is 5.96. The molecule has 134 valence electrons. The summed E-state index contributed by atoms with van der Waals surface area (Å²) in [7, 11) is -3.86. The quantitative estimate of drug-likeness (QED) is 0.752. The van der Waals surface area contributed by atoms with Crippen LogP contribution in [0, 0.1) is 6.92 Å². The number of sulfonamides is 1. The van der Waals surface area contributed by atoms with Crippen LogP contribution in [0.4, 0.5) is 0 Å². The number of nitrogens with one attached hydrogen (secondary N) is 2. The molecule has 0 saturated carbocycles. The molecule has 8 heteroatoms. The highest BCUT2D eigenvalue weighted by Crippen LogP contribution is 2.24. The number of ether oxygens (including phenoxy) is 1. The number of carbonyl (C=O) groups is 1. The normalized spacial score (nSPS) is 11.8. The van der Waals surface area contributed by atoms with Gasteiger partial charge in [-0.1, -0.05) is 29.8 Å². The van der Waals surface area contributed by atoms with Crippen LogP contribution in [0.5, 0.6) is 5.75 Å². The first-order valence-electron chi connectivity index (χ1n) is 7.44. The summed E-state index contributed by atoms with van der Waals surface area (Å²) in [6.45, 7) is 4.88. The molecule has 2 aromatic rings. The number of hydrazine groups is 1. The van der Waals surface area contributed by atoms with E-state index in [1.807, 2.05) is 6.92 Å². The number of amides is 1. The number of carbonyl (C=O) groups excluding carboxylic acids is 1. The van der Waals surface area contributed by atoms with Gasteiger partial charge >= 0.3 is 0 Å². The molecule has 0 aliphatic carbocycles. The number of rotatable bonds is 6. The van der Waals surface area contributed by atoms with Crippen LogP contribution in [0.25, 0.3) is 0 Å². The first-order valence-corrected chi connectivity index (χ1v) is 9.30. The third kappa shape index (κ3) is 4.94. The lowest BCUT2D eigenvalue weighted by atomic mass is 10.1. The third-order valence-electron chi connectivity index (χ3n) is 3.40. The van der Waals surface area contributed by atoms with Crippen LogP contribution >= 0.6 is 11.6 Å². The van der Waals surface area contributed by atoms with Crippen molar-refractivity contribution in [2.45, 2.75) is 31.3 Å². The van der Waals surface area contributed by atoms with E-state index in [1.165, 1.54) is 26.0 Å². The van der Waals surface area contributed by atoms with Crippen LogP contribution in [0.15, 0.2) is 53.4 Å². The summed E-state index contributed by atoms with van der Waals surface area (Å²) in [6.07, 6.45) is 0. The SMILES string of the molecule is Cc1cc(OC(C)(C)C(=O)NNS(=O)(=O)c2ccccc2)ccc1Cl. The van der Waals surface area contributed by atoms with E-state index in [1.54, 1.807) is 36.4 Å². The Hall–Kier alpha value is -2.09. The third-order valence-corrected chi connectivity index (χ3v) is 5.09. The summed E-state index contributed by atoms with van der Waals surface area (Å²) in [5, 5.41) is 0.588. The predicted octanol–water partition coefficient (Wildman–Crippen LogP) is 2.82. The summed E-state index contributed by atoms with van der Waals surface area (Å²) in [5.74, 6) is -0.187.